The summed E-state index contributed by atoms with van der Waals surface area (Å²) in [4.78, 5) is 36.1. The summed E-state index contributed by atoms with van der Waals surface area (Å²) in [5.74, 6) is 1.14. The number of ether oxygens (including phenoxy) is 1. The van der Waals surface area contributed by atoms with E-state index in [-0.39, 0.29) is 42.5 Å². The number of rotatable bonds is 13. The number of carbonyl (C=O) groups excluding carboxylic acids is 2. The minimum atomic E-state index is -0.887. The van der Waals surface area contributed by atoms with Gasteiger partial charge in [0.05, 0.1) is 26.4 Å². The summed E-state index contributed by atoms with van der Waals surface area (Å²) < 4.78 is 6.01. The number of likely N-dealkylation sites (N-methyl/N-ethyl adjacent to an activating group) is 1. The molecule has 1 heterocycles. The number of benzene rings is 2. The molecule has 0 spiro atoms. The summed E-state index contributed by atoms with van der Waals surface area (Å²) >= 11 is 0. The lowest BCUT2D eigenvalue weighted by Gasteiger charge is -2.62. The van der Waals surface area contributed by atoms with Crippen molar-refractivity contribution < 1.29 is 29.4 Å². The van der Waals surface area contributed by atoms with Crippen molar-refractivity contribution in [3.05, 3.63) is 53.6 Å². The number of nitrogens with one attached hydrogen (secondary N) is 2. The normalized spacial score (nSPS) is 28.5. The zero-order valence-corrected chi connectivity index (χ0v) is 32.4. The second-order valence-corrected chi connectivity index (χ2v) is 17.5. The van der Waals surface area contributed by atoms with E-state index >= 15 is 0 Å². The molecule has 0 radical (unpaired) electrons. The molecule has 4 aliphatic rings. The third-order valence-corrected chi connectivity index (χ3v) is 11.9. The average Bonchev–Trinajstić information content (AvgIpc) is 3.42. The molecule has 4 N–H and O–H groups in total. The van der Waals surface area contributed by atoms with E-state index in [1.165, 1.54) is 6.42 Å². The van der Waals surface area contributed by atoms with E-state index in [4.69, 9.17) is 9.57 Å². The zero-order valence-electron chi connectivity index (χ0n) is 32.4. The summed E-state index contributed by atoms with van der Waals surface area (Å²) in [7, 11) is 5.63. The molecule has 2 bridgehead atoms. The van der Waals surface area contributed by atoms with Gasteiger partial charge in [-0.25, -0.2) is 0 Å². The van der Waals surface area contributed by atoms with Crippen molar-refractivity contribution >= 4 is 11.8 Å². The highest BCUT2D eigenvalue weighted by molar-refractivity contribution is 5.96. The monoisotopic (exact) mass is 706 g/mol. The van der Waals surface area contributed by atoms with Gasteiger partial charge in [-0.2, -0.15) is 5.06 Å². The number of nitrogens with zero attached hydrogens (tertiary/aromatic N) is 2. The molecule has 2 amide bonds. The Morgan fingerprint density at radius 3 is 2.43 bits per heavy atom. The molecule has 0 unspecified atom stereocenters. The van der Waals surface area contributed by atoms with Crippen LogP contribution in [-0.4, -0.2) is 96.7 Å². The Morgan fingerprint density at radius 1 is 1.14 bits per heavy atom. The fraction of sp³-hybridized carbons (Fsp3) is 0.659. The molecule has 10 nitrogen and oxygen atoms in total. The van der Waals surface area contributed by atoms with Crippen LogP contribution < -0.4 is 15.4 Å². The number of aliphatic hydroxyl groups excluding tert-OH is 2. The van der Waals surface area contributed by atoms with E-state index in [0.29, 0.717) is 34.5 Å². The fourth-order valence-corrected chi connectivity index (χ4v) is 9.27. The summed E-state index contributed by atoms with van der Waals surface area (Å²) in [6, 6.07) is 12.6. The van der Waals surface area contributed by atoms with Gasteiger partial charge in [0.1, 0.15) is 17.9 Å². The molecular formula is C41H62N4O6. The smallest absolute Gasteiger partial charge is 0.251 e. The van der Waals surface area contributed by atoms with Crippen molar-refractivity contribution in [3.63, 3.8) is 0 Å². The highest BCUT2D eigenvalue weighted by Gasteiger charge is 2.57. The molecule has 4 fully saturated rings. The molecule has 10 heteroatoms. The summed E-state index contributed by atoms with van der Waals surface area (Å²) in [6.45, 7) is 15.7. The van der Waals surface area contributed by atoms with Crippen LogP contribution >= 0.6 is 0 Å². The van der Waals surface area contributed by atoms with Crippen LogP contribution in [0.3, 0.4) is 0 Å². The van der Waals surface area contributed by atoms with Crippen molar-refractivity contribution in [2.24, 2.45) is 34.5 Å². The lowest BCUT2D eigenvalue weighted by atomic mass is 9.45. The van der Waals surface area contributed by atoms with Crippen LogP contribution in [-0.2, 0) is 16.2 Å². The molecule has 6 rings (SSSR count). The molecule has 282 valence electrons. The molecule has 2 aromatic rings. The van der Waals surface area contributed by atoms with Crippen LogP contribution in [0.25, 0.3) is 11.1 Å². The van der Waals surface area contributed by atoms with E-state index in [2.05, 4.69) is 57.1 Å². The number of fused-ring (bicyclic) bond motifs is 2. The third-order valence-electron chi connectivity index (χ3n) is 11.9. The molecule has 51 heavy (non-hydrogen) atoms. The number of carbonyl (C=O) groups is 2. The molecular weight excluding hydrogens is 644 g/mol. The summed E-state index contributed by atoms with van der Waals surface area (Å²) in [5.41, 5.74) is 3.30. The summed E-state index contributed by atoms with van der Waals surface area (Å²) in [5, 5.41) is 29.4. The van der Waals surface area contributed by atoms with Gasteiger partial charge in [-0.1, -0.05) is 71.9 Å². The summed E-state index contributed by atoms with van der Waals surface area (Å²) in [6.07, 6.45) is 1.36. The molecule has 3 aliphatic carbocycles. The number of aliphatic hydroxyl groups is 2. The van der Waals surface area contributed by atoms with E-state index in [9.17, 15) is 19.8 Å². The lowest BCUT2D eigenvalue weighted by Crippen LogP contribution is -2.62. The lowest BCUT2D eigenvalue weighted by molar-refractivity contribution is -0.183. The quantitative estimate of drug-likeness (QED) is 0.227. The number of methoxy groups -OCH3 is 1. The van der Waals surface area contributed by atoms with Crippen molar-refractivity contribution in [2.45, 2.75) is 105 Å². The van der Waals surface area contributed by atoms with Gasteiger partial charge in [0.25, 0.3) is 5.91 Å². The third kappa shape index (κ3) is 8.46. The first kappa shape index (κ1) is 39.2. The first-order valence-electron chi connectivity index (χ1n) is 18.7. The van der Waals surface area contributed by atoms with Crippen molar-refractivity contribution in [2.75, 3.05) is 34.4 Å². The SMILES string of the molecule is COc1c(CN2O[C@@H](CO)[C@H]([C@H](C)O)[C@H]2C(=O)N[C@H]2C[C@H]3C[C@@H]([C@H]2C)C3(C)C)cccc1-c1cccc(C(=O)N[C@H](CN(C)C)CC(C)(C)C)c1. The first-order valence-corrected chi connectivity index (χ1v) is 18.7. The Kier molecular flexibility index (Phi) is 11.9. The average molecular weight is 707 g/mol. The highest BCUT2D eigenvalue weighted by Crippen LogP contribution is 2.61. The van der Waals surface area contributed by atoms with E-state index in [1.54, 1.807) is 19.1 Å². The minimum absolute atomic E-state index is 0.00769. The highest BCUT2D eigenvalue weighted by atomic mass is 16.7. The van der Waals surface area contributed by atoms with Crippen LogP contribution in [0.1, 0.15) is 83.7 Å². The van der Waals surface area contributed by atoms with Gasteiger partial charge in [0.15, 0.2) is 0 Å². The fourth-order valence-electron chi connectivity index (χ4n) is 9.27. The van der Waals surface area contributed by atoms with Gasteiger partial charge < -0.3 is 30.5 Å². The Balaban J connectivity index is 1.39. The Morgan fingerprint density at radius 2 is 1.84 bits per heavy atom. The second-order valence-electron chi connectivity index (χ2n) is 17.5. The van der Waals surface area contributed by atoms with Gasteiger partial charge in [-0.3, -0.25) is 14.4 Å². The number of hydroxylamine groups is 2. The van der Waals surface area contributed by atoms with Crippen molar-refractivity contribution in [3.8, 4) is 16.9 Å². The molecule has 2 aromatic carbocycles. The topological polar surface area (TPSA) is 124 Å². The largest absolute Gasteiger partial charge is 0.496 e. The van der Waals surface area contributed by atoms with Gasteiger partial charge >= 0.3 is 0 Å². The van der Waals surface area contributed by atoms with Gasteiger partial charge in [0, 0.05) is 41.2 Å². The second kappa shape index (κ2) is 15.5. The van der Waals surface area contributed by atoms with Crippen LogP contribution in [0.5, 0.6) is 5.75 Å². The number of para-hydroxylation sites is 1. The minimum Gasteiger partial charge on any atom is -0.496 e. The number of hydrogen-bond acceptors (Lipinski definition) is 8. The standard InChI is InChI=1S/C41H62N4O6/c1-24-32-18-29(41(32,6)7)19-33(24)43-39(49)36-35(25(2)47)34(23-46)51-45(36)21-28-15-12-16-31(37(28)50-10)26-13-11-14-27(17-26)38(48)42-30(22-44(8)9)20-40(3,4)5/h11-17,24-25,29-30,32-36,46-47H,18-23H2,1-10H3,(H,42,48)(H,43,49)/t24-,25+,29-,30+,32+,33+,34+,35+,36+/m1/s1. The van der Waals surface area contributed by atoms with Crippen LogP contribution in [0.2, 0.25) is 0 Å². The Hall–Kier alpha value is -3.02. The zero-order chi connectivity index (χ0) is 37.4. The van der Waals surface area contributed by atoms with E-state index in [1.807, 2.05) is 56.6 Å². The van der Waals surface area contributed by atoms with Crippen LogP contribution in [0, 0.1) is 34.5 Å². The maximum Gasteiger partial charge on any atom is 0.251 e. The molecule has 1 aliphatic heterocycles. The van der Waals surface area contributed by atoms with Crippen molar-refractivity contribution in [1.29, 1.82) is 0 Å². The predicted molar refractivity (Wildman–Crippen MR) is 200 cm³/mol. The Labute approximate surface area is 305 Å². The van der Waals surface area contributed by atoms with Crippen LogP contribution in [0.15, 0.2) is 42.5 Å². The predicted octanol–water partition coefficient (Wildman–Crippen LogP) is 5.12. The molecule has 0 aromatic heterocycles. The van der Waals surface area contributed by atoms with Gasteiger partial charge in [0.2, 0.25) is 5.91 Å². The Bertz CT molecular complexity index is 1540. The van der Waals surface area contributed by atoms with E-state index < -0.39 is 24.2 Å². The molecule has 9 atom stereocenters. The van der Waals surface area contributed by atoms with Crippen molar-refractivity contribution in [1.82, 2.24) is 20.6 Å². The van der Waals surface area contributed by atoms with E-state index in [0.717, 1.165) is 36.1 Å². The van der Waals surface area contributed by atoms with Gasteiger partial charge in [-0.05, 0) is 86.6 Å². The number of amides is 2. The first-order chi connectivity index (χ1) is 23.9. The number of hydrogen-bond donors (Lipinski definition) is 4. The maximum atomic E-state index is 14.2. The molecule has 1 saturated heterocycles. The maximum absolute atomic E-state index is 14.2. The van der Waals surface area contributed by atoms with Gasteiger partial charge in [-0.15, -0.1) is 0 Å². The molecule has 3 saturated carbocycles. The van der Waals surface area contributed by atoms with Crippen LogP contribution in [0.4, 0.5) is 0 Å².